The molecule has 2 N–H and O–H groups in total. The number of hydrogen-bond acceptors (Lipinski definition) is 4. The van der Waals surface area contributed by atoms with Crippen LogP contribution in [0.25, 0.3) is 0 Å². The summed E-state index contributed by atoms with van der Waals surface area (Å²) in [5, 5.41) is 10.9. The van der Waals surface area contributed by atoms with E-state index in [4.69, 9.17) is 23.2 Å². The van der Waals surface area contributed by atoms with Gasteiger partial charge in [-0.25, -0.2) is 13.1 Å². The van der Waals surface area contributed by atoms with Crippen LogP contribution in [0, 0.1) is 11.3 Å². The summed E-state index contributed by atoms with van der Waals surface area (Å²) < 4.78 is 27.9. The van der Waals surface area contributed by atoms with Crippen LogP contribution in [0.1, 0.15) is 69.0 Å². The van der Waals surface area contributed by atoms with Gasteiger partial charge < -0.3 is 10.0 Å². The van der Waals surface area contributed by atoms with Crippen LogP contribution in [0.2, 0.25) is 10.0 Å². The summed E-state index contributed by atoms with van der Waals surface area (Å²) in [7, 11) is -3.51. The number of amides is 1. The summed E-state index contributed by atoms with van der Waals surface area (Å²) in [5.41, 5.74) is 0.566. The molecule has 4 rings (SSSR count). The molecule has 0 bridgehead atoms. The van der Waals surface area contributed by atoms with Gasteiger partial charge in [0.15, 0.2) is 0 Å². The van der Waals surface area contributed by atoms with Gasteiger partial charge in [-0.05, 0) is 67.0 Å². The number of carboxylic acid groups (broad SMARTS) is 1. The van der Waals surface area contributed by atoms with Crippen molar-refractivity contribution >= 4 is 45.1 Å². The SMILES string of the molecule is CCCS(=O)(=O)NC[C@H](C1CC1)N1C(=O)[C@@](C)(CC(=O)O)CC(c2cccc(Cl)c2)[C@H]1c1ccc(Cl)cc1. The number of carboxylic acids is 1. The Morgan fingerprint density at radius 2 is 1.82 bits per heavy atom. The highest BCUT2D eigenvalue weighted by atomic mass is 35.5. The number of aliphatic carboxylic acids is 1. The number of likely N-dealkylation sites (tertiary alicyclic amines) is 1. The van der Waals surface area contributed by atoms with Crippen molar-refractivity contribution in [1.82, 2.24) is 9.62 Å². The van der Waals surface area contributed by atoms with E-state index in [0.29, 0.717) is 22.9 Å². The van der Waals surface area contributed by atoms with Crippen molar-refractivity contribution in [2.45, 2.75) is 64.0 Å². The minimum Gasteiger partial charge on any atom is -0.481 e. The minimum atomic E-state index is -3.51. The lowest BCUT2D eigenvalue weighted by Gasteiger charge is -2.52. The number of hydrogen-bond donors (Lipinski definition) is 2. The van der Waals surface area contributed by atoms with Crippen molar-refractivity contribution < 1.29 is 23.1 Å². The molecule has 206 valence electrons. The van der Waals surface area contributed by atoms with Gasteiger partial charge in [-0.1, -0.05) is 61.3 Å². The van der Waals surface area contributed by atoms with Crippen molar-refractivity contribution in [3.8, 4) is 0 Å². The molecule has 1 aliphatic carbocycles. The number of nitrogens with zero attached hydrogens (tertiary/aromatic N) is 1. The van der Waals surface area contributed by atoms with E-state index >= 15 is 0 Å². The molecular weight excluding hydrogens is 547 g/mol. The monoisotopic (exact) mass is 580 g/mol. The highest BCUT2D eigenvalue weighted by molar-refractivity contribution is 7.89. The van der Waals surface area contributed by atoms with E-state index in [9.17, 15) is 23.1 Å². The second kappa shape index (κ2) is 11.5. The summed E-state index contributed by atoms with van der Waals surface area (Å²) >= 11 is 12.6. The summed E-state index contributed by atoms with van der Waals surface area (Å²) in [4.78, 5) is 28.1. The fourth-order valence-corrected chi connectivity index (χ4v) is 7.20. The van der Waals surface area contributed by atoms with Crippen LogP contribution < -0.4 is 4.72 Å². The first-order valence-electron chi connectivity index (χ1n) is 13.0. The topological polar surface area (TPSA) is 104 Å². The molecule has 2 aromatic carbocycles. The van der Waals surface area contributed by atoms with E-state index in [-0.39, 0.29) is 36.5 Å². The van der Waals surface area contributed by atoms with Gasteiger partial charge in [0.1, 0.15) is 0 Å². The zero-order chi connectivity index (χ0) is 27.7. The average molecular weight is 582 g/mol. The summed E-state index contributed by atoms with van der Waals surface area (Å²) in [5.74, 6) is -1.48. The Labute approximate surface area is 234 Å². The average Bonchev–Trinajstić information content (AvgIpc) is 3.67. The van der Waals surface area contributed by atoms with Gasteiger partial charge in [0.2, 0.25) is 15.9 Å². The standard InChI is InChI=1S/C28H34Cl2N2O5S/c1-3-13-38(36,37)31-17-24(18-7-8-18)32-26(19-9-11-21(29)12-10-19)23(20-5-4-6-22(30)14-20)15-28(2,27(32)35)16-25(33)34/h4-6,9-12,14,18,23-24,26,31H,3,7-8,13,15-17H2,1-2H3,(H,33,34)/t23?,24-,26-,28-/m1/s1. The predicted octanol–water partition coefficient (Wildman–Crippen LogP) is 5.64. The van der Waals surface area contributed by atoms with Crippen LogP contribution in [0.4, 0.5) is 0 Å². The predicted molar refractivity (Wildman–Crippen MR) is 149 cm³/mol. The molecule has 0 radical (unpaired) electrons. The quantitative estimate of drug-likeness (QED) is 0.358. The van der Waals surface area contributed by atoms with Gasteiger partial charge in [-0.3, -0.25) is 9.59 Å². The van der Waals surface area contributed by atoms with Gasteiger partial charge >= 0.3 is 5.97 Å². The van der Waals surface area contributed by atoms with Crippen LogP contribution in [0.3, 0.4) is 0 Å². The number of halogens is 2. The van der Waals surface area contributed by atoms with Gasteiger partial charge in [0, 0.05) is 28.5 Å². The third-order valence-corrected chi connectivity index (χ3v) is 9.68. The lowest BCUT2D eigenvalue weighted by molar-refractivity contribution is -0.161. The van der Waals surface area contributed by atoms with Crippen molar-refractivity contribution in [1.29, 1.82) is 0 Å². The second-order valence-electron chi connectivity index (χ2n) is 10.8. The van der Waals surface area contributed by atoms with Crippen LogP contribution in [-0.4, -0.2) is 48.6 Å². The lowest BCUT2D eigenvalue weighted by atomic mass is 9.67. The van der Waals surface area contributed by atoms with Crippen LogP contribution in [0.5, 0.6) is 0 Å². The molecule has 1 amide bonds. The maximum Gasteiger partial charge on any atom is 0.304 e. The third kappa shape index (κ3) is 6.53. The summed E-state index contributed by atoms with van der Waals surface area (Å²) in [6, 6.07) is 13.9. The van der Waals surface area contributed by atoms with E-state index in [2.05, 4.69) is 4.72 Å². The van der Waals surface area contributed by atoms with E-state index in [1.54, 1.807) is 36.9 Å². The molecule has 7 nitrogen and oxygen atoms in total. The Kier molecular flexibility index (Phi) is 8.77. The number of carbonyl (C=O) groups excluding carboxylic acids is 1. The van der Waals surface area contributed by atoms with Crippen molar-refractivity contribution in [3.63, 3.8) is 0 Å². The van der Waals surface area contributed by atoms with Gasteiger partial charge in [0.25, 0.3) is 0 Å². The lowest BCUT2D eigenvalue weighted by Crippen LogP contribution is -2.59. The molecular formula is C28H34Cl2N2O5S. The first kappa shape index (κ1) is 28.9. The number of rotatable bonds is 11. The van der Waals surface area contributed by atoms with Gasteiger partial charge in [-0.2, -0.15) is 0 Å². The third-order valence-electron chi connectivity index (χ3n) is 7.64. The van der Waals surface area contributed by atoms with Crippen LogP contribution in [-0.2, 0) is 19.6 Å². The molecule has 2 aliphatic rings. The Hall–Kier alpha value is -2.13. The fraction of sp³-hybridized carbons (Fsp3) is 0.500. The Morgan fingerprint density at radius 1 is 1.13 bits per heavy atom. The Bertz CT molecular complexity index is 1280. The number of sulfonamides is 1. The number of carbonyl (C=O) groups is 2. The summed E-state index contributed by atoms with van der Waals surface area (Å²) in [6.07, 6.45) is 2.20. The molecule has 10 heteroatoms. The number of benzene rings is 2. The first-order valence-corrected chi connectivity index (χ1v) is 15.4. The van der Waals surface area contributed by atoms with Gasteiger partial charge in [-0.15, -0.1) is 0 Å². The molecule has 38 heavy (non-hydrogen) atoms. The number of piperidine rings is 1. The molecule has 1 unspecified atom stereocenters. The van der Waals surface area contributed by atoms with Gasteiger partial charge in [0.05, 0.1) is 23.6 Å². The second-order valence-corrected chi connectivity index (χ2v) is 13.6. The smallest absolute Gasteiger partial charge is 0.304 e. The molecule has 2 aromatic rings. The minimum absolute atomic E-state index is 0.000808. The molecule has 1 aliphatic heterocycles. The summed E-state index contributed by atoms with van der Waals surface area (Å²) in [6.45, 7) is 3.58. The Morgan fingerprint density at radius 3 is 2.39 bits per heavy atom. The molecule has 1 saturated heterocycles. The van der Waals surface area contributed by atoms with E-state index in [0.717, 1.165) is 24.0 Å². The highest BCUT2D eigenvalue weighted by Crippen LogP contribution is 2.54. The zero-order valence-electron chi connectivity index (χ0n) is 21.6. The zero-order valence-corrected chi connectivity index (χ0v) is 23.9. The molecule has 1 saturated carbocycles. The van der Waals surface area contributed by atoms with E-state index in [1.165, 1.54) is 0 Å². The largest absolute Gasteiger partial charge is 0.481 e. The molecule has 2 fully saturated rings. The van der Waals surface area contributed by atoms with Crippen LogP contribution >= 0.6 is 23.2 Å². The van der Waals surface area contributed by atoms with E-state index in [1.807, 2.05) is 30.3 Å². The normalized spacial score (nSPS) is 24.8. The van der Waals surface area contributed by atoms with Crippen molar-refractivity contribution in [3.05, 3.63) is 69.7 Å². The number of nitrogens with one attached hydrogen (secondary N) is 1. The maximum atomic E-state index is 14.3. The molecule has 4 atom stereocenters. The van der Waals surface area contributed by atoms with E-state index < -0.39 is 33.5 Å². The first-order chi connectivity index (χ1) is 17.9. The van der Waals surface area contributed by atoms with Crippen molar-refractivity contribution in [2.75, 3.05) is 12.3 Å². The molecule has 0 spiro atoms. The van der Waals surface area contributed by atoms with Crippen LogP contribution in [0.15, 0.2) is 48.5 Å². The fourth-order valence-electron chi connectivity index (χ4n) is 5.77. The maximum absolute atomic E-state index is 14.3. The van der Waals surface area contributed by atoms with Crippen molar-refractivity contribution in [2.24, 2.45) is 11.3 Å². The molecule has 0 aromatic heterocycles. The highest BCUT2D eigenvalue weighted by Gasteiger charge is 2.54. The molecule has 1 heterocycles. The Balaban J connectivity index is 1.86.